The van der Waals surface area contributed by atoms with Crippen LogP contribution in [-0.2, 0) is 11.2 Å². The summed E-state index contributed by atoms with van der Waals surface area (Å²) in [5, 5.41) is 23.7. The Bertz CT molecular complexity index is 495. The predicted octanol–water partition coefficient (Wildman–Crippen LogP) is 1.63. The Hall–Kier alpha value is -2.24. The smallest absolute Gasteiger partial charge is 0.326 e. The van der Waals surface area contributed by atoms with E-state index < -0.39 is 18.0 Å². The van der Waals surface area contributed by atoms with Crippen molar-refractivity contribution in [1.82, 2.24) is 10.6 Å². The van der Waals surface area contributed by atoms with E-state index in [-0.39, 0.29) is 18.2 Å². The minimum atomic E-state index is -1.08. The maximum absolute atomic E-state index is 11.8. The summed E-state index contributed by atoms with van der Waals surface area (Å²) in [6, 6.07) is 4.99. The van der Waals surface area contributed by atoms with Gasteiger partial charge in [-0.2, -0.15) is 0 Å². The summed E-state index contributed by atoms with van der Waals surface area (Å²) in [5.74, 6) is -0.956. The monoisotopic (exact) mass is 292 g/mol. The van der Waals surface area contributed by atoms with E-state index >= 15 is 0 Å². The van der Waals surface area contributed by atoms with E-state index in [1.54, 1.807) is 12.1 Å². The lowest BCUT2D eigenvalue weighted by atomic mass is 10.1. The molecule has 1 saturated carbocycles. The van der Waals surface area contributed by atoms with Gasteiger partial charge in [-0.05, 0) is 30.5 Å². The van der Waals surface area contributed by atoms with E-state index in [0.717, 1.165) is 31.2 Å². The molecule has 0 bridgehead atoms. The Kier molecular flexibility index (Phi) is 5.03. The van der Waals surface area contributed by atoms with Gasteiger partial charge in [-0.25, -0.2) is 9.59 Å². The molecule has 6 heteroatoms. The van der Waals surface area contributed by atoms with Crippen LogP contribution in [0.15, 0.2) is 24.3 Å². The summed E-state index contributed by atoms with van der Waals surface area (Å²) in [6.45, 7) is 0. The normalized spacial score (nSPS) is 16.4. The summed E-state index contributed by atoms with van der Waals surface area (Å²) >= 11 is 0. The van der Waals surface area contributed by atoms with Gasteiger partial charge in [0.1, 0.15) is 11.8 Å². The molecule has 0 aromatic heterocycles. The zero-order valence-corrected chi connectivity index (χ0v) is 11.7. The fourth-order valence-corrected chi connectivity index (χ4v) is 2.52. The Morgan fingerprint density at radius 1 is 1.19 bits per heavy atom. The molecule has 21 heavy (non-hydrogen) atoms. The highest BCUT2D eigenvalue weighted by atomic mass is 16.4. The fourth-order valence-electron chi connectivity index (χ4n) is 2.52. The van der Waals surface area contributed by atoms with Crippen LogP contribution in [-0.4, -0.2) is 34.3 Å². The Morgan fingerprint density at radius 3 is 2.38 bits per heavy atom. The molecule has 1 aromatic rings. The molecule has 1 unspecified atom stereocenters. The average Bonchev–Trinajstić information content (AvgIpc) is 2.93. The Balaban J connectivity index is 1.90. The largest absolute Gasteiger partial charge is 0.508 e. The molecule has 1 atom stereocenters. The van der Waals surface area contributed by atoms with Gasteiger partial charge in [0.25, 0.3) is 0 Å². The molecule has 0 spiro atoms. The number of carboxylic acid groups (broad SMARTS) is 1. The van der Waals surface area contributed by atoms with Crippen molar-refractivity contribution < 1.29 is 19.8 Å². The zero-order valence-electron chi connectivity index (χ0n) is 11.7. The predicted molar refractivity (Wildman–Crippen MR) is 77.2 cm³/mol. The van der Waals surface area contributed by atoms with Crippen molar-refractivity contribution in [3.8, 4) is 5.75 Å². The standard InChI is InChI=1S/C15H20N2O4/c18-12-7-5-10(6-8-12)9-13(14(19)20)17-15(21)16-11-3-1-2-4-11/h5-8,11,13,18H,1-4,9H2,(H,19,20)(H2,16,17,21). The number of carboxylic acids is 1. The first-order chi connectivity index (χ1) is 10.0. The molecule has 6 nitrogen and oxygen atoms in total. The van der Waals surface area contributed by atoms with E-state index in [1.807, 2.05) is 0 Å². The number of nitrogens with one attached hydrogen (secondary N) is 2. The molecule has 1 aromatic carbocycles. The number of phenolic OH excluding ortho intramolecular Hbond substituents is 1. The first-order valence-corrected chi connectivity index (χ1v) is 7.12. The van der Waals surface area contributed by atoms with E-state index in [0.29, 0.717) is 0 Å². The van der Waals surface area contributed by atoms with Gasteiger partial charge in [0.15, 0.2) is 0 Å². The molecule has 1 aliphatic carbocycles. The van der Waals surface area contributed by atoms with Crippen LogP contribution in [0.25, 0.3) is 0 Å². The van der Waals surface area contributed by atoms with Gasteiger partial charge >= 0.3 is 12.0 Å². The minimum absolute atomic E-state index is 0.123. The molecule has 1 fully saturated rings. The second-order valence-electron chi connectivity index (χ2n) is 5.36. The van der Waals surface area contributed by atoms with Gasteiger partial charge in [0.2, 0.25) is 0 Å². The molecular weight excluding hydrogens is 272 g/mol. The highest BCUT2D eigenvalue weighted by molar-refractivity contribution is 5.82. The SMILES string of the molecule is O=C(NC1CCCC1)NC(Cc1ccc(O)cc1)C(=O)O. The number of carbonyl (C=O) groups excluding carboxylic acids is 1. The zero-order chi connectivity index (χ0) is 15.2. The maximum atomic E-state index is 11.8. The third kappa shape index (κ3) is 4.66. The number of rotatable bonds is 5. The lowest BCUT2D eigenvalue weighted by molar-refractivity contribution is -0.139. The van der Waals surface area contributed by atoms with Gasteiger partial charge in [-0.3, -0.25) is 0 Å². The van der Waals surface area contributed by atoms with Crippen molar-refractivity contribution in [3.63, 3.8) is 0 Å². The summed E-state index contributed by atoms with van der Waals surface area (Å²) in [4.78, 5) is 23.1. The first kappa shape index (κ1) is 15.2. The van der Waals surface area contributed by atoms with Crippen LogP contribution in [0.1, 0.15) is 31.2 Å². The highest BCUT2D eigenvalue weighted by Gasteiger charge is 2.23. The van der Waals surface area contributed by atoms with Crippen molar-refractivity contribution in [2.75, 3.05) is 0 Å². The van der Waals surface area contributed by atoms with Gasteiger partial charge in [-0.1, -0.05) is 25.0 Å². The topological polar surface area (TPSA) is 98.7 Å². The molecule has 0 radical (unpaired) electrons. The molecular formula is C15H20N2O4. The Morgan fingerprint density at radius 2 is 1.81 bits per heavy atom. The number of benzene rings is 1. The van der Waals surface area contributed by atoms with E-state index in [4.69, 9.17) is 0 Å². The molecule has 0 heterocycles. The minimum Gasteiger partial charge on any atom is -0.508 e. The van der Waals surface area contributed by atoms with Crippen LogP contribution in [0.5, 0.6) is 5.75 Å². The molecule has 0 saturated heterocycles. The first-order valence-electron chi connectivity index (χ1n) is 7.12. The van der Waals surface area contributed by atoms with Crippen molar-refractivity contribution in [2.24, 2.45) is 0 Å². The van der Waals surface area contributed by atoms with Crippen LogP contribution in [0, 0.1) is 0 Å². The van der Waals surface area contributed by atoms with Crippen molar-refractivity contribution in [3.05, 3.63) is 29.8 Å². The van der Waals surface area contributed by atoms with Crippen molar-refractivity contribution in [1.29, 1.82) is 0 Å². The van der Waals surface area contributed by atoms with Crippen LogP contribution in [0.2, 0.25) is 0 Å². The van der Waals surface area contributed by atoms with Crippen molar-refractivity contribution in [2.45, 2.75) is 44.2 Å². The molecule has 2 amide bonds. The number of hydrogen-bond donors (Lipinski definition) is 4. The molecule has 114 valence electrons. The molecule has 2 rings (SSSR count). The van der Waals surface area contributed by atoms with Crippen LogP contribution in [0.4, 0.5) is 4.79 Å². The Labute approximate surface area is 123 Å². The van der Waals surface area contributed by atoms with E-state index in [1.165, 1.54) is 12.1 Å². The number of hydrogen-bond acceptors (Lipinski definition) is 3. The second-order valence-corrected chi connectivity index (χ2v) is 5.36. The fraction of sp³-hybridized carbons (Fsp3) is 0.467. The third-order valence-corrected chi connectivity index (χ3v) is 3.67. The quantitative estimate of drug-likeness (QED) is 0.663. The average molecular weight is 292 g/mol. The number of urea groups is 1. The number of aromatic hydroxyl groups is 1. The summed E-state index contributed by atoms with van der Waals surface area (Å²) in [7, 11) is 0. The maximum Gasteiger partial charge on any atom is 0.326 e. The summed E-state index contributed by atoms with van der Waals surface area (Å²) < 4.78 is 0. The van der Waals surface area contributed by atoms with Crippen molar-refractivity contribution >= 4 is 12.0 Å². The number of carbonyl (C=O) groups is 2. The van der Waals surface area contributed by atoms with Gasteiger partial charge in [-0.15, -0.1) is 0 Å². The second kappa shape index (κ2) is 6.97. The summed E-state index contributed by atoms with van der Waals surface area (Å²) in [6.07, 6.45) is 4.27. The lowest BCUT2D eigenvalue weighted by Crippen LogP contribution is -2.49. The van der Waals surface area contributed by atoms with Crippen LogP contribution < -0.4 is 10.6 Å². The highest BCUT2D eigenvalue weighted by Crippen LogP contribution is 2.17. The lowest BCUT2D eigenvalue weighted by Gasteiger charge is -2.18. The molecule has 0 aliphatic heterocycles. The van der Waals surface area contributed by atoms with Gasteiger partial charge in [0, 0.05) is 12.5 Å². The molecule has 4 N–H and O–H groups in total. The van der Waals surface area contributed by atoms with Crippen LogP contribution >= 0.6 is 0 Å². The number of amides is 2. The van der Waals surface area contributed by atoms with Gasteiger partial charge in [0.05, 0.1) is 0 Å². The van der Waals surface area contributed by atoms with E-state index in [2.05, 4.69) is 10.6 Å². The molecule has 1 aliphatic rings. The van der Waals surface area contributed by atoms with Crippen LogP contribution in [0.3, 0.4) is 0 Å². The number of aliphatic carboxylic acids is 1. The number of phenols is 1. The summed E-state index contributed by atoms with van der Waals surface area (Å²) in [5.41, 5.74) is 0.737. The van der Waals surface area contributed by atoms with E-state index in [9.17, 15) is 19.8 Å². The van der Waals surface area contributed by atoms with Gasteiger partial charge < -0.3 is 20.8 Å². The third-order valence-electron chi connectivity index (χ3n) is 3.67.